The van der Waals surface area contributed by atoms with E-state index in [-0.39, 0.29) is 35.3 Å². The SMILES string of the molecule is COc1c(N2CCCC(=C(Cl)CN)C2)c(F)cc2c(=O)c(C(=O)O)cn(C3CC3F)c12. The molecule has 1 saturated heterocycles. The molecule has 7 nitrogen and oxygen atoms in total. The lowest BCUT2D eigenvalue weighted by molar-refractivity contribution is 0.0694. The highest BCUT2D eigenvalue weighted by atomic mass is 35.5. The number of hydrogen-bond acceptors (Lipinski definition) is 5. The molecule has 1 aliphatic carbocycles. The van der Waals surface area contributed by atoms with Crippen molar-refractivity contribution < 1.29 is 23.4 Å². The van der Waals surface area contributed by atoms with Crippen LogP contribution in [0.25, 0.3) is 10.9 Å². The molecule has 1 aliphatic heterocycles. The smallest absolute Gasteiger partial charge is 0.341 e. The van der Waals surface area contributed by atoms with Gasteiger partial charge in [0.1, 0.15) is 17.4 Å². The van der Waals surface area contributed by atoms with Gasteiger partial charge in [-0.05, 0) is 24.5 Å². The van der Waals surface area contributed by atoms with Gasteiger partial charge in [-0.1, -0.05) is 11.6 Å². The Morgan fingerprint density at radius 3 is 2.74 bits per heavy atom. The third-order valence-corrected chi connectivity index (χ3v) is 6.26. The summed E-state index contributed by atoms with van der Waals surface area (Å²) in [4.78, 5) is 26.1. The lowest BCUT2D eigenvalue weighted by atomic mass is 10.0. The maximum absolute atomic E-state index is 15.3. The largest absolute Gasteiger partial charge is 0.492 e. The summed E-state index contributed by atoms with van der Waals surface area (Å²) in [7, 11) is 1.34. The molecule has 0 radical (unpaired) electrons. The molecule has 1 saturated carbocycles. The highest BCUT2D eigenvalue weighted by Crippen LogP contribution is 2.45. The Bertz CT molecular complexity index is 1160. The number of benzene rings is 1. The fourth-order valence-electron chi connectivity index (χ4n) is 4.21. The van der Waals surface area contributed by atoms with E-state index in [2.05, 4.69) is 0 Å². The normalized spacial score (nSPS) is 22.5. The number of aromatic nitrogens is 1. The summed E-state index contributed by atoms with van der Waals surface area (Å²) >= 11 is 6.22. The number of carbonyl (C=O) groups is 1. The van der Waals surface area contributed by atoms with E-state index in [1.807, 2.05) is 0 Å². The minimum Gasteiger partial charge on any atom is -0.492 e. The molecule has 1 aromatic carbocycles. The number of nitrogens with two attached hydrogens (primary N) is 1. The van der Waals surface area contributed by atoms with Crippen molar-refractivity contribution in [3.05, 3.63) is 44.5 Å². The second kappa shape index (κ2) is 8.12. The molecule has 31 heavy (non-hydrogen) atoms. The molecule has 0 bridgehead atoms. The van der Waals surface area contributed by atoms with E-state index in [0.29, 0.717) is 24.5 Å². The molecule has 3 N–H and O–H groups in total. The summed E-state index contributed by atoms with van der Waals surface area (Å²) in [5, 5.41) is 9.77. The Kier molecular flexibility index (Phi) is 5.65. The van der Waals surface area contributed by atoms with Crippen LogP contribution in [0.1, 0.15) is 35.7 Å². The number of methoxy groups -OCH3 is 1. The molecule has 2 aromatic rings. The molecule has 2 unspecified atom stereocenters. The standard InChI is InChI=1S/C21H22ClF2N3O4/c1-31-20-17-11(19(28)12(21(29)30)9-27(17)16-6-14(16)23)5-15(24)18(20)26-4-2-3-10(8-26)13(22)7-25/h5,9,14,16H,2-4,6-8,25H2,1H3,(H,29,30). The number of pyridine rings is 1. The maximum atomic E-state index is 15.3. The number of anilines is 1. The van der Waals surface area contributed by atoms with Crippen molar-refractivity contribution in [2.45, 2.75) is 31.5 Å². The van der Waals surface area contributed by atoms with Crippen LogP contribution < -0.4 is 20.8 Å². The number of piperidine rings is 1. The van der Waals surface area contributed by atoms with Crippen LogP contribution in [0, 0.1) is 5.82 Å². The molecule has 2 atom stereocenters. The number of carboxylic acids is 1. The van der Waals surface area contributed by atoms with Crippen LogP contribution in [-0.2, 0) is 0 Å². The number of alkyl halides is 1. The van der Waals surface area contributed by atoms with Gasteiger partial charge in [-0.3, -0.25) is 4.79 Å². The summed E-state index contributed by atoms with van der Waals surface area (Å²) in [5.74, 6) is -2.12. The van der Waals surface area contributed by atoms with Crippen LogP contribution in [0.4, 0.5) is 14.5 Å². The number of fused-ring (bicyclic) bond motifs is 1. The number of halogens is 3. The second-order valence-corrected chi connectivity index (χ2v) is 8.23. The van der Waals surface area contributed by atoms with E-state index in [0.717, 1.165) is 24.3 Å². The molecule has 166 valence electrons. The van der Waals surface area contributed by atoms with E-state index < -0.39 is 35.0 Å². The van der Waals surface area contributed by atoms with Gasteiger partial charge in [-0.15, -0.1) is 0 Å². The molecule has 0 spiro atoms. The second-order valence-electron chi connectivity index (χ2n) is 7.78. The number of hydrogen-bond donors (Lipinski definition) is 2. The van der Waals surface area contributed by atoms with Gasteiger partial charge in [0.15, 0.2) is 11.6 Å². The first-order valence-corrected chi connectivity index (χ1v) is 10.3. The lowest BCUT2D eigenvalue weighted by Crippen LogP contribution is -2.33. The number of aromatic carboxylic acids is 1. The van der Waals surface area contributed by atoms with E-state index in [4.69, 9.17) is 22.1 Å². The zero-order chi connectivity index (χ0) is 22.4. The fraction of sp³-hybridized carbons (Fsp3) is 0.429. The van der Waals surface area contributed by atoms with E-state index >= 15 is 4.39 Å². The Morgan fingerprint density at radius 2 is 2.16 bits per heavy atom. The summed E-state index contributed by atoms with van der Waals surface area (Å²) in [5.41, 5.74) is 5.46. The van der Waals surface area contributed by atoms with Crippen LogP contribution in [0.2, 0.25) is 0 Å². The van der Waals surface area contributed by atoms with Gasteiger partial charge in [0.25, 0.3) is 0 Å². The average molecular weight is 454 g/mol. The number of rotatable bonds is 5. The van der Waals surface area contributed by atoms with Gasteiger partial charge >= 0.3 is 5.97 Å². The summed E-state index contributed by atoms with van der Waals surface area (Å²) in [6.45, 7) is 1.03. The van der Waals surface area contributed by atoms with Gasteiger partial charge in [0.05, 0.1) is 24.1 Å². The zero-order valence-corrected chi connectivity index (χ0v) is 17.6. The molecule has 1 aromatic heterocycles. The Balaban J connectivity index is 1.98. The molecule has 2 heterocycles. The Hall–Kier alpha value is -2.65. The predicted molar refractivity (Wildman–Crippen MR) is 114 cm³/mol. The molecule has 0 amide bonds. The van der Waals surface area contributed by atoms with Crippen LogP contribution in [0.15, 0.2) is 27.7 Å². The van der Waals surface area contributed by atoms with Crippen molar-refractivity contribution in [1.29, 1.82) is 0 Å². The van der Waals surface area contributed by atoms with E-state index in [1.165, 1.54) is 11.7 Å². The van der Waals surface area contributed by atoms with Crippen molar-refractivity contribution in [1.82, 2.24) is 4.57 Å². The average Bonchev–Trinajstić information content (AvgIpc) is 3.48. The number of ether oxygens (including phenoxy) is 1. The molecule has 10 heteroatoms. The summed E-state index contributed by atoms with van der Waals surface area (Å²) in [6, 6.07) is 0.369. The molecular formula is C21H22ClF2N3O4. The molecule has 4 rings (SSSR count). The third-order valence-electron chi connectivity index (χ3n) is 5.84. The zero-order valence-electron chi connectivity index (χ0n) is 16.8. The van der Waals surface area contributed by atoms with Crippen LogP contribution >= 0.6 is 11.6 Å². The van der Waals surface area contributed by atoms with Gasteiger partial charge in [-0.25, -0.2) is 13.6 Å². The van der Waals surface area contributed by atoms with Crippen molar-refractivity contribution in [2.24, 2.45) is 5.73 Å². The van der Waals surface area contributed by atoms with Crippen molar-refractivity contribution in [3.63, 3.8) is 0 Å². The first-order chi connectivity index (χ1) is 14.8. The van der Waals surface area contributed by atoms with Gasteiger partial charge < -0.3 is 25.0 Å². The lowest BCUT2D eigenvalue weighted by Gasteiger charge is -2.33. The first kappa shape index (κ1) is 21.6. The fourth-order valence-corrected chi connectivity index (χ4v) is 4.37. The Labute approximate surface area is 181 Å². The van der Waals surface area contributed by atoms with Crippen molar-refractivity contribution in [3.8, 4) is 5.75 Å². The minimum atomic E-state index is -1.46. The highest BCUT2D eigenvalue weighted by Gasteiger charge is 2.41. The van der Waals surface area contributed by atoms with Gasteiger partial charge in [0.2, 0.25) is 5.43 Å². The van der Waals surface area contributed by atoms with Gasteiger partial charge in [0, 0.05) is 37.3 Å². The van der Waals surface area contributed by atoms with E-state index in [1.54, 1.807) is 4.90 Å². The maximum Gasteiger partial charge on any atom is 0.341 e. The topological polar surface area (TPSA) is 97.8 Å². The van der Waals surface area contributed by atoms with Crippen LogP contribution in [0.3, 0.4) is 0 Å². The highest BCUT2D eigenvalue weighted by molar-refractivity contribution is 6.30. The quantitative estimate of drug-likeness (QED) is 0.721. The van der Waals surface area contributed by atoms with E-state index in [9.17, 15) is 19.1 Å². The number of carboxylic acid groups (broad SMARTS) is 1. The minimum absolute atomic E-state index is 0.0632. The monoisotopic (exact) mass is 453 g/mol. The predicted octanol–water partition coefficient (Wildman–Crippen LogP) is 3.18. The van der Waals surface area contributed by atoms with Gasteiger partial charge in [-0.2, -0.15) is 0 Å². The Morgan fingerprint density at radius 1 is 1.45 bits per heavy atom. The van der Waals surface area contributed by atoms with Crippen LogP contribution in [-0.4, -0.2) is 48.6 Å². The number of nitrogens with zero attached hydrogens (tertiary/aromatic N) is 2. The molecular weight excluding hydrogens is 432 g/mol. The van der Waals surface area contributed by atoms with Crippen LogP contribution in [0.5, 0.6) is 5.75 Å². The molecule has 2 aliphatic rings. The first-order valence-electron chi connectivity index (χ1n) is 9.92. The third kappa shape index (κ3) is 3.65. The van der Waals surface area contributed by atoms with Crippen molar-refractivity contribution in [2.75, 3.05) is 31.6 Å². The summed E-state index contributed by atoms with van der Waals surface area (Å²) in [6.07, 6.45) is 1.57. The molecule has 2 fully saturated rings. The summed E-state index contributed by atoms with van der Waals surface area (Å²) < 4.78 is 36.2. The van der Waals surface area contributed by atoms with Crippen molar-refractivity contribution >= 4 is 34.2 Å².